The van der Waals surface area contributed by atoms with Gasteiger partial charge in [-0.2, -0.15) is 0 Å². The average molecular weight is 392 g/mol. The summed E-state index contributed by atoms with van der Waals surface area (Å²) < 4.78 is 4.99. The number of aromatic nitrogens is 3. The highest BCUT2D eigenvalue weighted by Gasteiger charge is 2.19. The van der Waals surface area contributed by atoms with Crippen molar-refractivity contribution in [2.45, 2.75) is 13.8 Å². The van der Waals surface area contributed by atoms with E-state index in [2.05, 4.69) is 30.1 Å². The van der Waals surface area contributed by atoms with E-state index < -0.39 is 0 Å². The van der Waals surface area contributed by atoms with Gasteiger partial charge in [0.1, 0.15) is 22.3 Å². The van der Waals surface area contributed by atoms with Crippen molar-refractivity contribution >= 4 is 34.1 Å². The zero-order chi connectivity index (χ0) is 19.2. The Morgan fingerprint density at radius 3 is 2.81 bits per heavy atom. The third-order valence-electron chi connectivity index (χ3n) is 4.15. The zero-order valence-corrected chi connectivity index (χ0v) is 16.3. The zero-order valence-electron chi connectivity index (χ0n) is 15.5. The highest BCUT2D eigenvalue weighted by Crippen LogP contribution is 2.24. The molecule has 1 saturated heterocycles. The molecule has 0 spiro atoms. The van der Waals surface area contributed by atoms with Crippen LogP contribution in [0.15, 0.2) is 12.3 Å². The van der Waals surface area contributed by atoms with E-state index >= 15 is 0 Å². The minimum Gasteiger partial charge on any atom is -0.462 e. The summed E-state index contributed by atoms with van der Waals surface area (Å²) in [6.07, 6.45) is 1.50. The van der Waals surface area contributed by atoms with Crippen LogP contribution in [0.1, 0.15) is 22.4 Å². The van der Waals surface area contributed by atoms with Crippen LogP contribution in [0.25, 0.3) is 0 Å². The fourth-order valence-corrected chi connectivity index (χ4v) is 3.58. The Balaban J connectivity index is 1.68. The molecule has 3 rings (SSSR count). The van der Waals surface area contributed by atoms with Gasteiger partial charge in [-0.3, -0.25) is 4.90 Å². The molecule has 9 nitrogen and oxygen atoms in total. The van der Waals surface area contributed by atoms with Gasteiger partial charge in [-0.25, -0.2) is 19.7 Å². The highest BCUT2D eigenvalue weighted by molar-refractivity contribution is 7.17. The van der Waals surface area contributed by atoms with Crippen LogP contribution in [0, 0.1) is 6.92 Å². The van der Waals surface area contributed by atoms with Crippen molar-refractivity contribution in [2.24, 2.45) is 0 Å². The molecule has 27 heavy (non-hydrogen) atoms. The topological polar surface area (TPSA) is 104 Å². The van der Waals surface area contributed by atoms with Crippen LogP contribution in [0.2, 0.25) is 0 Å². The SMILES string of the molecule is CCOC(=O)c1cnc(Nc2cc(N3CCN(CCO)CC3)nc(C)n2)s1. The average Bonchev–Trinajstić information content (AvgIpc) is 3.11. The molecule has 3 heterocycles. The molecule has 0 atom stereocenters. The van der Waals surface area contributed by atoms with Crippen LogP contribution < -0.4 is 10.2 Å². The predicted octanol–water partition coefficient (Wildman–Crippen LogP) is 1.28. The lowest BCUT2D eigenvalue weighted by Crippen LogP contribution is -2.47. The Kier molecular flexibility index (Phi) is 6.54. The summed E-state index contributed by atoms with van der Waals surface area (Å²) >= 11 is 1.23. The number of nitrogens with zero attached hydrogens (tertiary/aromatic N) is 5. The van der Waals surface area contributed by atoms with Crippen LogP contribution in [-0.4, -0.2) is 76.9 Å². The lowest BCUT2D eigenvalue weighted by atomic mass is 10.3. The molecule has 2 aromatic rings. The van der Waals surface area contributed by atoms with E-state index in [-0.39, 0.29) is 12.6 Å². The van der Waals surface area contributed by atoms with Crippen molar-refractivity contribution in [1.29, 1.82) is 0 Å². The Hall–Kier alpha value is -2.30. The molecule has 0 bridgehead atoms. The van der Waals surface area contributed by atoms with Gasteiger partial charge in [-0.1, -0.05) is 11.3 Å². The minimum absolute atomic E-state index is 0.183. The summed E-state index contributed by atoms with van der Waals surface area (Å²) in [7, 11) is 0. The van der Waals surface area contributed by atoms with Crippen molar-refractivity contribution in [3.63, 3.8) is 0 Å². The van der Waals surface area contributed by atoms with Gasteiger partial charge >= 0.3 is 5.97 Å². The van der Waals surface area contributed by atoms with E-state index in [1.807, 2.05) is 13.0 Å². The molecule has 0 unspecified atom stereocenters. The second kappa shape index (κ2) is 9.07. The van der Waals surface area contributed by atoms with E-state index in [1.54, 1.807) is 6.92 Å². The maximum absolute atomic E-state index is 11.8. The van der Waals surface area contributed by atoms with Crippen LogP contribution in [-0.2, 0) is 4.74 Å². The van der Waals surface area contributed by atoms with Crippen molar-refractivity contribution in [2.75, 3.05) is 56.2 Å². The quantitative estimate of drug-likeness (QED) is 0.674. The van der Waals surface area contributed by atoms with Crippen LogP contribution in [0.3, 0.4) is 0 Å². The Labute approximate surface area is 162 Å². The number of hydrogen-bond acceptors (Lipinski definition) is 10. The van der Waals surface area contributed by atoms with Gasteiger partial charge in [0.25, 0.3) is 0 Å². The van der Waals surface area contributed by atoms with Crippen molar-refractivity contribution in [3.05, 3.63) is 23.0 Å². The molecule has 1 fully saturated rings. The van der Waals surface area contributed by atoms with E-state index in [1.165, 1.54) is 17.5 Å². The van der Waals surface area contributed by atoms with Gasteiger partial charge in [-0.15, -0.1) is 0 Å². The van der Waals surface area contributed by atoms with Gasteiger partial charge < -0.3 is 20.1 Å². The normalized spacial score (nSPS) is 15.0. The van der Waals surface area contributed by atoms with E-state index in [9.17, 15) is 4.79 Å². The van der Waals surface area contributed by atoms with Crippen LogP contribution >= 0.6 is 11.3 Å². The van der Waals surface area contributed by atoms with Gasteiger partial charge in [0.05, 0.1) is 19.4 Å². The summed E-state index contributed by atoms with van der Waals surface area (Å²) in [6, 6.07) is 1.89. The molecule has 2 aromatic heterocycles. The second-order valence-electron chi connectivity index (χ2n) is 6.09. The summed E-state index contributed by atoms with van der Waals surface area (Å²) in [6.45, 7) is 8.32. The fourth-order valence-electron chi connectivity index (χ4n) is 2.86. The molecule has 0 amide bonds. The van der Waals surface area contributed by atoms with E-state index in [0.717, 1.165) is 32.0 Å². The highest BCUT2D eigenvalue weighted by atomic mass is 32.1. The Morgan fingerprint density at radius 1 is 1.33 bits per heavy atom. The molecule has 146 valence electrons. The maximum atomic E-state index is 11.8. The van der Waals surface area contributed by atoms with Crippen molar-refractivity contribution in [3.8, 4) is 0 Å². The molecule has 1 aliphatic heterocycles. The molecule has 0 radical (unpaired) electrons. The first kappa shape index (κ1) is 19.5. The Morgan fingerprint density at radius 2 is 2.11 bits per heavy atom. The van der Waals surface area contributed by atoms with Crippen molar-refractivity contribution in [1.82, 2.24) is 19.9 Å². The fraction of sp³-hybridized carbons (Fsp3) is 0.529. The first-order valence-corrected chi connectivity index (χ1v) is 9.74. The number of piperazine rings is 1. The van der Waals surface area contributed by atoms with Gasteiger partial charge in [0.2, 0.25) is 0 Å². The minimum atomic E-state index is -0.372. The molecule has 2 N–H and O–H groups in total. The predicted molar refractivity (Wildman–Crippen MR) is 104 cm³/mol. The number of β-amino-alcohol motifs (C(OH)–C–C–N with tert-alkyl or cyclic N) is 1. The number of aryl methyl sites for hydroxylation is 1. The first-order valence-electron chi connectivity index (χ1n) is 8.93. The molecule has 0 aliphatic carbocycles. The molecule has 0 saturated carbocycles. The molecular formula is C17H24N6O3S. The summed E-state index contributed by atoms with van der Waals surface area (Å²) in [5.41, 5.74) is 0. The third kappa shape index (κ3) is 5.12. The third-order valence-corrected chi connectivity index (χ3v) is 5.05. The standard InChI is InChI=1S/C17H24N6O3S/c1-3-26-16(25)13-11-18-17(27-13)21-14-10-15(20-12(2)19-14)23-6-4-22(5-7-23)8-9-24/h10-11,24H,3-9H2,1-2H3,(H,18,19,20,21). The number of ether oxygens (including phenoxy) is 1. The molecular weight excluding hydrogens is 368 g/mol. The van der Waals surface area contributed by atoms with Gasteiger partial charge in [0, 0.05) is 38.8 Å². The monoisotopic (exact) mass is 392 g/mol. The van der Waals surface area contributed by atoms with Crippen LogP contribution in [0.5, 0.6) is 0 Å². The molecule has 10 heteroatoms. The number of rotatable bonds is 7. The summed E-state index contributed by atoms with van der Waals surface area (Å²) in [4.78, 5) is 29.8. The maximum Gasteiger partial charge on any atom is 0.350 e. The van der Waals surface area contributed by atoms with E-state index in [4.69, 9.17) is 9.84 Å². The number of carbonyl (C=O) groups excluding carboxylic acids is 1. The summed E-state index contributed by atoms with van der Waals surface area (Å²) in [5, 5.41) is 12.8. The number of carbonyl (C=O) groups is 1. The largest absolute Gasteiger partial charge is 0.462 e. The lowest BCUT2D eigenvalue weighted by Gasteiger charge is -2.35. The number of anilines is 3. The number of aliphatic hydroxyl groups is 1. The number of thiazole rings is 1. The Bertz CT molecular complexity index is 776. The second-order valence-corrected chi connectivity index (χ2v) is 7.12. The smallest absolute Gasteiger partial charge is 0.350 e. The van der Waals surface area contributed by atoms with Gasteiger partial charge in [0.15, 0.2) is 5.13 Å². The number of hydrogen-bond donors (Lipinski definition) is 2. The van der Waals surface area contributed by atoms with Crippen molar-refractivity contribution < 1.29 is 14.6 Å². The molecule has 0 aromatic carbocycles. The van der Waals surface area contributed by atoms with Crippen LogP contribution in [0.4, 0.5) is 16.8 Å². The van der Waals surface area contributed by atoms with E-state index in [0.29, 0.717) is 34.8 Å². The lowest BCUT2D eigenvalue weighted by molar-refractivity contribution is 0.0532. The number of aliphatic hydroxyl groups excluding tert-OH is 1. The number of esters is 1. The number of nitrogens with one attached hydrogen (secondary N) is 1. The molecule has 1 aliphatic rings. The van der Waals surface area contributed by atoms with Gasteiger partial charge in [-0.05, 0) is 13.8 Å². The summed E-state index contributed by atoms with van der Waals surface area (Å²) in [5.74, 6) is 1.79. The first-order chi connectivity index (χ1) is 13.1.